The number of hydrogen-bond donors (Lipinski definition) is 0. The number of rotatable bonds is 1. The van der Waals surface area contributed by atoms with Crippen LogP contribution in [0.2, 0.25) is 0 Å². The van der Waals surface area contributed by atoms with E-state index in [2.05, 4.69) is 23.7 Å². The number of nitriles is 4. The predicted molar refractivity (Wildman–Crippen MR) is 136 cm³/mol. The van der Waals surface area contributed by atoms with Crippen molar-refractivity contribution in [1.82, 2.24) is 0 Å². The first-order chi connectivity index (χ1) is 17.5. The molecule has 0 aliphatic rings. The lowest BCUT2D eigenvalue weighted by atomic mass is 9.99. The van der Waals surface area contributed by atoms with Crippen LogP contribution >= 0.6 is 11.8 Å². The lowest BCUT2D eigenvalue weighted by Gasteiger charge is -2.01. The summed E-state index contributed by atoms with van der Waals surface area (Å²) in [5.41, 5.74) is 1.66. The van der Waals surface area contributed by atoms with Crippen LogP contribution < -0.4 is 10.4 Å². The van der Waals surface area contributed by atoms with Crippen LogP contribution in [-0.2, 0) is 4.79 Å². The van der Waals surface area contributed by atoms with Crippen molar-refractivity contribution in [2.45, 2.75) is 11.8 Å². The summed E-state index contributed by atoms with van der Waals surface area (Å²) < 4.78 is 0. The maximum absolute atomic E-state index is 11.3. The smallest absolute Gasteiger partial charge is 0.190 e. The summed E-state index contributed by atoms with van der Waals surface area (Å²) in [4.78, 5) is 12.1. The van der Waals surface area contributed by atoms with Gasteiger partial charge in [-0.1, -0.05) is 53.6 Å². The van der Waals surface area contributed by atoms with Crippen molar-refractivity contribution in [3.63, 3.8) is 0 Å². The Bertz CT molecular complexity index is 1740. The summed E-state index contributed by atoms with van der Waals surface area (Å²) in [6, 6.07) is 26.7. The molecule has 0 atom stereocenters. The molecule has 3 aromatic rings. The molecule has 6 heteroatoms. The van der Waals surface area contributed by atoms with Crippen LogP contribution in [0.1, 0.15) is 29.2 Å². The molecule has 0 bridgehead atoms. The Kier molecular flexibility index (Phi) is 8.45. The average Bonchev–Trinajstić information content (AvgIpc) is 2.89. The number of thioether (sulfide) groups is 1. The molecule has 166 valence electrons. The van der Waals surface area contributed by atoms with Gasteiger partial charge in [-0.15, -0.1) is 0 Å². The molecule has 0 aliphatic carbocycles. The van der Waals surface area contributed by atoms with Crippen molar-refractivity contribution in [3.05, 3.63) is 99.4 Å². The highest BCUT2D eigenvalue weighted by Gasteiger charge is 2.08. The Labute approximate surface area is 212 Å². The van der Waals surface area contributed by atoms with E-state index >= 15 is 0 Å². The number of nitrogens with zero attached hydrogens (tertiary/aromatic N) is 4. The zero-order valence-electron chi connectivity index (χ0n) is 19.0. The molecule has 0 N–H and O–H groups in total. The van der Waals surface area contributed by atoms with E-state index in [0.717, 1.165) is 22.2 Å². The van der Waals surface area contributed by atoms with Gasteiger partial charge < -0.3 is 0 Å². The van der Waals surface area contributed by atoms with Gasteiger partial charge in [0.1, 0.15) is 35.4 Å². The minimum absolute atomic E-state index is 0.0282. The minimum Gasteiger partial charge on any atom is -0.287 e. The largest absolute Gasteiger partial charge is 0.287 e. The van der Waals surface area contributed by atoms with Crippen LogP contribution in [0.4, 0.5) is 0 Å². The molecule has 0 aliphatic heterocycles. The Morgan fingerprint density at radius 2 is 1.08 bits per heavy atom. The third kappa shape index (κ3) is 6.30. The van der Waals surface area contributed by atoms with Gasteiger partial charge in [-0.05, 0) is 48.5 Å². The zero-order valence-corrected chi connectivity index (χ0v) is 19.8. The topological polar surface area (TPSA) is 112 Å². The normalized spacial score (nSPS) is 8.92. The van der Waals surface area contributed by atoms with E-state index < -0.39 is 0 Å². The highest BCUT2D eigenvalue weighted by molar-refractivity contribution is 8.13. The molecule has 0 heterocycles. The van der Waals surface area contributed by atoms with E-state index in [-0.39, 0.29) is 26.7 Å². The summed E-state index contributed by atoms with van der Waals surface area (Å²) in [7, 11) is 0. The highest BCUT2D eigenvalue weighted by Crippen LogP contribution is 2.18. The highest BCUT2D eigenvalue weighted by atomic mass is 32.2. The van der Waals surface area contributed by atoms with Crippen molar-refractivity contribution in [3.8, 4) is 48.0 Å². The molecular formula is C30H14N4OS. The summed E-state index contributed by atoms with van der Waals surface area (Å²) in [6.45, 7) is 1.48. The van der Waals surface area contributed by atoms with Crippen molar-refractivity contribution in [1.29, 1.82) is 21.0 Å². The first-order valence-electron chi connectivity index (χ1n) is 10.4. The average molecular weight is 479 g/mol. The molecule has 0 unspecified atom stereocenters. The monoisotopic (exact) mass is 478 g/mol. The third-order valence-electron chi connectivity index (χ3n) is 4.72. The van der Waals surface area contributed by atoms with Crippen molar-refractivity contribution < 1.29 is 4.79 Å². The number of carbonyl (C=O) groups excluding carboxylic acids is 1. The van der Waals surface area contributed by atoms with Crippen molar-refractivity contribution in [2.75, 3.05) is 0 Å². The van der Waals surface area contributed by atoms with Crippen molar-refractivity contribution in [2.24, 2.45) is 0 Å². The Balaban J connectivity index is 2.28. The van der Waals surface area contributed by atoms with E-state index in [1.165, 1.54) is 19.1 Å². The fraction of sp³-hybridized carbons (Fsp3) is 0.0333. The van der Waals surface area contributed by atoms with Gasteiger partial charge in [-0.25, -0.2) is 0 Å². The molecule has 3 rings (SSSR count). The standard InChI is InChI=1S/C30H14N4OS/c1-21(35)36-28-13-9-23(10-14-28)8-12-25-16-29(26(17-31)18-32)24(15-30(25)27(19-33)20-34)11-7-22-5-3-2-4-6-22/h2-6,9-10,13-16H,1H3. The summed E-state index contributed by atoms with van der Waals surface area (Å²) in [5, 5.41) is 38.6. The van der Waals surface area contributed by atoms with Gasteiger partial charge in [0.2, 0.25) is 0 Å². The molecule has 36 heavy (non-hydrogen) atoms. The van der Waals surface area contributed by atoms with Crippen LogP contribution in [0, 0.1) is 69.0 Å². The summed E-state index contributed by atoms with van der Waals surface area (Å²) in [5.74, 6) is 11.9. The second kappa shape index (κ2) is 12.1. The Hall–Kier alpha value is -5.50. The molecule has 0 saturated carbocycles. The maximum Gasteiger partial charge on any atom is 0.190 e. The lowest BCUT2D eigenvalue weighted by molar-refractivity contribution is -0.109. The molecule has 0 spiro atoms. The van der Waals surface area contributed by atoms with Gasteiger partial charge in [0.05, 0.1) is 0 Å². The van der Waals surface area contributed by atoms with Gasteiger partial charge in [-0.3, -0.25) is 4.79 Å². The van der Waals surface area contributed by atoms with E-state index in [1.54, 1.807) is 24.3 Å². The first kappa shape index (κ1) is 25.1. The van der Waals surface area contributed by atoms with Crippen LogP contribution in [0.3, 0.4) is 0 Å². The Morgan fingerprint density at radius 3 is 1.50 bits per heavy atom. The van der Waals surface area contributed by atoms with Crippen molar-refractivity contribution >= 4 is 28.0 Å². The van der Waals surface area contributed by atoms with Gasteiger partial charge in [0.25, 0.3) is 0 Å². The van der Waals surface area contributed by atoms with Gasteiger partial charge in [0, 0.05) is 44.5 Å². The maximum atomic E-state index is 11.3. The second-order valence-corrected chi connectivity index (χ2v) is 8.38. The molecule has 3 aromatic carbocycles. The van der Waals surface area contributed by atoms with Crippen LogP contribution in [0.5, 0.6) is 0 Å². The number of hydrogen-bond acceptors (Lipinski definition) is 6. The quantitative estimate of drug-likeness (QED) is 0.391. The molecule has 5 nitrogen and oxygen atoms in total. The fourth-order valence-corrected chi connectivity index (χ4v) is 3.69. The number of carbonyl (C=O) groups is 1. The summed E-state index contributed by atoms with van der Waals surface area (Å²) in [6.07, 6.45) is 0. The predicted octanol–water partition coefficient (Wildman–Crippen LogP) is 3.52. The van der Waals surface area contributed by atoms with E-state index in [0.29, 0.717) is 16.7 Å². The van der Waals surface area contributed by atoms with E-state index in [4.69, 9.17) is 0 Å². The number of benzene rings is 3. The molecule has 0 saturated heterocycles. The Morgan fingerprint density at radius 1 is 0.639 bits per heavy atom. The second-order valence-electron chi connectivity index (χ2n) is 7.12. The van der Waals surface area contributed by atoms with Crippen LogP contribution in [-0.4, -0.2) is 5.12 Å². The minimum atomic E-state index is -0.169. The molecule has 0 amide bonds. The molecule has 0 aromatic heterocycles. The van der Waals surface area contributed by atoms with Crippen LogP contribution in [0.15, 0.2) is 71.6 Å². The lowest BCUT2D eigenvalue weighted by Crippen LogP contribution is -2.21. The van der Waals surface area contributed by atoms with Gasteiger partial charge in [-0.2, -0.15) is 21.0 Å². The fourth-order valence-electron chi connectivity index (χ4n) is 3.08. The zero-order chi connectivity index (χ0) is 25.9. The third-order valence-corrected chi connectivity index (χ3v) is 5.51. The van der Waals surface area contributed by atoms with Crippen LogP contribution in [0.25, 0.3) is 11.1 Å². The molecule has 0 radical (unpaired) electrons. The van der Waals surface area contributed by atoms with Gasteiger partial charge in [0.15, 0.2) is 5.12 Å². The SMILES string of the molecule is CC(=O)Sc1ccc(C#Cc2cc(=C(C#N)C#N)c(C#Cc3ccccc3)cc2=C(C#N)C#N)cc1. The molecule has 0 fully saturated rings. The van der Waals surface area contributed by atoms with E-state index in [9.17, 15) is 25.8 Å². The summed E-state index contributed by atoms with van der Waals surface area (Å²) >= 11 is 1.11. The first-order valence-corrected chi connectivity index (χ1v) is 11.2. The van der Waals surface area contributed by atoms with E-state index in [1.807, 2.05) is 54.6 Å². The molecular weight excluding hydrogens is 464 g/mol. The van der Waals surface area contributed by atoms with Gasteiger partial charge >= 0.3 is 0 Å².